The Labute approximate surface area is 90.7 Å². The Morgan fingerprint density at radius 3 is 2.53 bits per heavy atom. The molecule has 0 aliphatic rings. The molecule has 0 bridgehead atoms. The topological polar surface area (TPSA) is 80.7 Å². The van der Waals surface area contributed by atoms with Gasteiger partial charge in [-0.05, 0) is 18.2 Å². The van der Waals surface area contributed by atoms with Gasteiger partial charge in [0.15, 0.2) is 0 Å². The Morgan fingerprint density at radius 2 is 2.07 bits per heavy atom. The van der Waals surface area contributed by atoms with Gasteiger partial charge in [0, 0.05) is 10.7 Å². The summed E-state index contributed by atoms with van der Waals surface area (Å²) in [6, 6.07) is 3.23. The van der Waals surface area contributed by atoms with E-state index in [0.717, 1.165) is 19.2 Å². The molecule has 0 aliphatic carbocycles. The molecule has 0 spiro atoms. The predicted octanol–water partition coefficient (Wildman–Crippen LogP) is 1.11. The minimum atomic E-state index is -4.08. The van der Waals surface area contributed by atoms with Crippen LogP contribution in [0, 0.1) is 0 Å². The third-order valence-corrected chi connectivity index (χ3v) is 2.99. The van der Waals surface area contributed by atoms with Crippen molar-refractivity contribution in [3.05, 3.63) is 23.8 Å². The number of phenolic OH excluding ortho intramolecular Hbond substituents is 1. The maximum Gasteiger partial charge on any atom is 0.337 e. The second-order valence-corrected chi connectivity index (χ2v) is 5.15. The fourth-order valence-electron chi connectivity index (χ4n) is 0.954. The zero-order valence-electron chi connectivity index (χ0n) is 7.60. The van der Waals surface area contributed by atoms with Crippen LogP contribution in [0.15, 0.2) is 23.1 Å². The van der Waals surface area contributed by atoms with E-state index >= 15 is 0 Å². The molecule has 0 aliphatic heterocycles. The summed E-state index contributed by atoms with van der Waals surface area (Å²) in [5, 5.41) is 9.21. The summed E-state index contributed by atoms with van der Waals surface area (Å²) in [5.41, 5.74) is -0.00507. The summed E-state index contributed by atoms with van der Waals surface area (Å²) >= 11 is 0. The van der Waals surface area contributed by atoms with E-state index in [9.17, 15) is 18.3 Å². The average molecular weight is 251 g/mol. The standard InChI is InChI=1S/C8H7ClO5S/c1-14-8(11)5-2-3-6(10)7(4-5)15(9,12)13/h2-4,10H,1H3. The lowest BCUT2D eigenvalue weighted by Crippen LogP contribution is -2.02. The van der Waals surface area contributed by atoms with Crippen LogP contribution in [0.25, 0.3) is 0 Å². The van der Waals surface area contributed by atoms with E-state index < -0.39 is 25.7 Å². The molecule has 0 saturated heterocycles. The average Bonchev–Trinajstić information content (AvgIpc) is 2.15. The summed E-state index contributed by atoms with van der Waals surface area (Å²) in [7, 11) is 2.12. The van der Waals surface area contributed by atoms with E-state index in [1.807, 2.05) is 0 Å². The highest BCUT2D eigenvalue weighted by atomic mass is 35.7. The first kappa shape index (κ1) is 11.8. The van der Waals surface area contributed by atoms with Gasteiger partial charge in [0.05, 0.1) is 12.7 Å². The summed E-state index contributed by atoms with van der Waals surface area (Å²) in [5.74, 6) is -1.23. The smallest absolute Gasteiger partial charge is 0.337 e. The molecule has 82 valence electrons. The first-order valence-corrected chi connectivity index (χ1v) is 6.03. The molecule has 0 atom stereocenters. The largest absolute Gasteiger partial charge is 0.507 e. The molecule has 1 N–H and O–H groups in total. The zero-order valence-corrected chi connectivity index (χ0v) is 9.17. The molecule has 0 aromatic heterocycles. The second kappa shape index (κ2) is 4.08. The van der Waals surface area contributed by atoms with E-state index in [1.54, 1.807) is 0 Å². The molecule has 0 radical (unpaired) electrons. The maximum absolute atomic E-state index is 11.1. The minimum absolute atomic E-state index is 0.00507. The van der Waals surface area contributed by atoms with Gasteiger partial charge in [0.25, 0.3) is 9.05 Å². The highest BCUT2D eigenvalue weighted by Crippen LogP contribution is 2.26. The molecule has 5 nitrogen and oxygen atoms in total. The van der Waals surface area contributed by atoms with Gasteiger partial charge in [-0.15, -0.1) is 0 Å². The molecule has 1 aromatic rings. The van der Waals surface area contributed by atoms with Gasteiger partial charge < -0.3 is 9.84 Å². The van der Waals surface area contributed by atoms with Crippen molar-refractivity contribution in [1.82, 2.24) is 0 Å². The Bertz CT molecular complexity index is 494. The fourth-order valence-corrected chi connectivity index (χ4v) is 1.91. The number of halogens is 1. The summed E-state index contributed by atoms with van der Waals surface area (Å²) in [6.07, 6.45) is 0. The number of phenols is 1. The van der Waals surface area contributed by atoms with E-state index in [1.165, 1.54) is 6.07 Å². The Kier molecular flexibility index (Phi) is 3.21. The van der Waals surface area contributed by atoms with Crippen LogP contribution in [0.2, 0.25) is 0 Å². The van der Waals surface area contributed by atoms with Crippen molar-refractivity contribution in [3.63, 3.8) is 0 Å². The molecule has 0 heterocycles. The Morgan fingerprint density at radius 1 is 1.47 bits per heavy atom. The lowest BCUT2D eigenvalue weighted by Gasteiger charge is -2.03. The first-order chi connectivity index (χ1) is 6.86. The molecule has 1 rings (SSSR count). The lowest BCUT2D eigenvalue weighted by atomic mass is 10.2. The number of methoxy groups -OCH3 is 1. The Balaban J connectivity index is 3.36. The van der Waals surface area contributed by atoms with Gasteiger partial charge in [0.2, 0.25) is 0 Å². The van der Waals surface area contributed by atoms with Crippen LogP contribution in [-0.4, -0.2) is 26.6 Å². The van der Waals surface area contributed by atoms with Gasteiger partial charge in [-0.1, -0.05) is 0 Å². The fraction of sp³-hybridized carbons (Fsp3) is 0.125. The number of rotatable bonds is 2. The molecule has 0 fully saturated rings. The van der Waals surface area contributed by atoms with Gasteiger partial charge in [-0.2, -0.15) is 0 Å². The maximum atomic E-state index is 11.1. The van der Waals surface area contributed by atoms with Gasteiger partial charge in [0.1, 0.15) is 10.6 Å². The second-order valence-electron chi connectivity index (χ2n) is 2.61. The van der Waals surface area contributed by atoms with E-state index in [-0.39, 0.29) is 5.56 Å². The summed E-state index contributed by atoms with van der Waals surface area (Å²) < 4.78 is 26.3. The highest BCUT2D eigenvalue weighted by Gasteiger charge is 2.18. The number of carbonyl (C=O) groups excluding carboxylic acids is 1. The number of hydrogen-bond donors (Lipinski definition) is 1. The molecule has 0 saturated carbocycles. The molecule has 15 heavy (non-hydrogen) atoms. The van der Waals surface area contributed by atoms with Crippen molar-refractivity contribution in [3.8, 4) is 5.75 Å². The third kappa shape index (κ3) is 2.60. The molecule has 7 heteroatoms. The monoisotopic (exact) mass is 250 g/mol. The minimum Gasteiger partial charge on any atom is -0.507 e. The number of benzene rings is 1. The molecular formula is C8H7ClO5S. The number of aromatic hydroxyl groups is 1. The van der Waals surface area contributed by atoms with Crippen LogP contribution in [0.4, 0.5) is 0 Å². The number of esters is 1. The van der Waals surface area contributed by atoms with Crippen molar-refractivity contribution in [2.75, 3.05) is 7.11 Å². The quantitative estimate of drug-likeness (QED) is 0.628. The summed E-state index contributed by atoms with van der Waals surface area (Å²) in [4.78, 5) is 10.5. The highest BCUT2D eigenvalue weighted by molar-refractivity contribution is 8.13. The van der Waals surface area contributed by atoms with Crippen molar-refractivity contribution >= 4 is 25.7 Å². The van der Waals surface area contributed by atoms with Crippen LogP contribution in [0.5, 0.6) is 5.75 Å². The third-order valence-electron chi connectivity index (χ3n) is 1.64. The van der Waals surface area contributed by atoms with Gasteiger partial charge in [-0.25, -0.2) is 13.2 Å². The predicted molar refractivity (Wildman–Crippen MR) is 52.5 cm³/mol. The van der Waals surface area contributed by atoms with Crippen molar-refractivity contribution < 1.29 is 23.1 Å². The van der Waals surface area contributed by atoms with E-state index in [0.29, 0.717) is 0 Å². The van der Waals surface area contributed by atoms with Gasteiger partial charge in [-0.3, -0.25) is 0 Å². The molecule has 0 unspecified atom stereocenters. The van der Waals surface area contributed by atoms with Crippen LogP contribution in [-0.2, 0) is 13.8 Å². The van der Waals surface area contributed by atoms with Crippen molar-refractivity contribution in [2.24, 2.45) is 0 Å². The first-order valence-electron chi connectivity index (χ1n) is 3.72. The van der Waals surface area contributed by atoms with Crippen LogP contribution < -0.4 is 0 Å². The molecular weight excluding hydrogens is 244 g/mol. The number of carbonyl (C=O) groups is 1. The van der Waals surface area contributed by atoms with E-state index in [4.69, 9.17) is 10.7 Å². The van der Waals surface area contributed by atoms with Crippen molar-refractivity contribution in [2.45, 2.75) is 4.90 Å². The Hall–Kier alpha value is -1.27. The summed E-state index contributed by atoms with van der Waals surface area (Å²) in [6.45, 7) is 0. The SMILES string of the molecule is COC(=O)c1ccc(O)c(S(=O)(=O)Cl)c1. The number of ether oxygens (including phenoxy) is 1. The normalized spacial score (nSPS) is 11.1. The van der Waals surface area contributed by atoms with Crippen LogP contribution >= 0.6 is 10.7 Å². The number of hydrogen-bond acceptors (Lipinski definition) is 5. The van der Waals surface area contributed by atoms with Crippen molar-refractivity contribution in [1.29, 1.82) is 0 Å². The lowest BCUT2D eigenvalue weighted by molar-refractivity contribution is 0.0600. The zero-order chi connectivity index (χ0) is 11.6. The van der Waals surface area contributed by atoms with Gasteiger partial charge >= 0.3 is 5.97 Å². The van der Waals surface area contributed by atoms with E-state index in [2.05, 4.69) is 4.74 Å². The van der Waals surface area contributed by atoms with Crippen LogP contribution in [0.1, 0.15) is 10.4 Å². The van der Waals surface area contributed by atoms with Crippen LogP contribution in [0.3, 0.4) is 0 Å². The molecule has 1 aromatic carbocycles. The molecule has 0 amide bonds.